The molecular weight excluding hydrogens is 276 g/mol. The average Bonchev–Trinajstić information content (AvgIpc) is 2.38. The van der Waals surface area contributed by atoms with Crippen LogP contribution in [0.2, 0.25) is 0 Å². The number of sulfonamides is 1. The van der Waals surface area contributed by atoms with Gasteiger partial charge in [-0.2, -0.15) is 4.31 Å². The lowest BCUT2D eigenvalue weighted by Gasteiger charge is -2.34. The summed E-state index contributed by atoms with van der Waals surface area (Å²) in [6.45, 7) is 5.26. The molecule has 2 atom stereocenters. The third-order valence-corrected chi connectivity index (χ3v) is 5.13. The van der Waals surface area contributed by atoms with E-state index in [0.29, 0.717) is 24.5 Å². The fraction of sp³-hybridized carbons (Fsp3) is 0.571. The second kappa shape index (κ2) is 6.22. The number of nitrogens with one attached hydrogen (secondary N) is 1. The molecule has 1 saturated heterocycles. The number of rotatable bonds is 4. The highest BCUT2D eigenvalue weighted by molar-refractivity contribution is 7.89. The molecule has 1 aromatic carbocycles. The van der Waals surface area contributed by atoms with Crippen molar-refractivity contribution >= 4 is 10.0 Å². The summed E-state index contributed by atoms with van der Waals surface area (Å²) in [7, 11) is -1.60. The molecule has 1 fully saturated rings. The van der Waals surface area contributed by atoms with Crippen LogP contribution in [-0.4, -0.2) is 45.1 Å². The zero-order valence-corrected chi connectivity index (χ0v) is 13.0. The molecule has 1 aliphatic rings. The van der Waals surface area contributed by atoms with Crippen molar-refractivity contribution in [2.75, 3.05) is 20.1 Å². The summed E-state index contributed by atoms with van der Waals surface area (Å²) in [5.41, 5.74) is 0.961. The number of morpholine rings is 1. The van der Waals surface area contributed by atoms with Gasteiger partial charge >= 0.3 is 0 Å². The summed E-state index contributed by atoms with van der Waals surface area (Å²) in [5.74, 6) is 0. The van der Waals surface area contributed by atoms with Gasteiger partial charge in [-0.1, -0.05) is 12.1 Å². The van der Waals surface area contributed by atoms with Crippen LogP contribution < -0.4 is 5.32 Å². The van der Waals surface area contributed by atoms with Gasteiger partial charge in [-0.15, -0.1) is 0 Å². The number of benzene rings is 1. The van der Waals surface area contributed by atoms with E-state index in [4.69, 9.17) is 4.74 Å². The van der Waals surface area contributed by atoms with Crippen LogP contribution in [0.5, 0.6) is 0 Å². The van der Waals surface area contributed by atoms with Gasteiger partial charge in [0.1, 0.15) is 0 Å². The number of nitrogens with zero attached hydrogens (tertiary/aromatic N) is 1. The first kappa shape index (κ1) is 15.4. The molecule has 0 aromatic heterocycles. The third-order valence-electron chi connectivity index (χ3n) is 3.30. The molecule has 20 heavy (non-hydrogen) atoms. The number of ether oxygens (including phenoxy) is 1. The average molecular weight is 298 g/mol. The lowest BCUT2D eigenvalue weighted by molar-refractivity contribution is -0.0440. The number of hydrogen-bond donors (Lipinski definition) is 1. The minimum atomic E-state index is -3.44. The molecule has 0 aliphatic carbocycles. The van der Waals surface area contributed by atoms with Crippen LogP contribution in [0.4, 0.5) is 0 Å². The summed E-state index contributed by atoms with van der Waals surface area (Å²) < 4.78 is 32.5. The van der Waals surface area contributed by atoms with E-state index >= 15 is 0 Å². The third kappa shape index (κ3) is 3.38. The van der Waals surface area contributed by atoms with Gasteiger partial charge in [-0.05, 0) is 38.6 Å². The van der Waals surface area contributed by atoms with Crippen molar-refractivity contribution in [2.45, 2.75) is 37.5 Å². The van der Waals surface area contributed by atoms with Crippen LogP contribution in [0.15, 0.2) is 29.2 Å². The van der Waals surface area contributed by atoms with Crippen LogP contribution in [-0.2, 0) is 21.3 Å². The molecule has 2 rings (SSSR count). The van der Waals surface area contributed by atoms with E-state index < -0.39 is 10.0 Å². The van der Waals surface area contributed by atoms with Gasteiger partial charge in [-0.3, -0.25) is 0 Å². The minimum absolute atomic E-state index is 0.0750. The lowest BCUT2D eigenvalue weighted by atomic mass is 10.2. The number of hydrogen-bond acceptors (Lipinski definition) is 4. The van der Waals surface area contributed by atoms with Gasteiger partial charge in [0, 0.05) is 19.6 Å². The summed E-state index contributed by atoms with van der Waals surface area (Å²) in [6.07, 6.45) is -0.150. The quantitative estimate of drug-likeness (QED) is 0.907. The van der Waals surface area contributed by atoms with E-state index in [1.807, 2.05) is 27.0 Å². The van der Waals surface area contributed by atoms with E-state index in [0.717, 1.165) is 5.56 Å². The van der Waals surface area contributed by atoms with Crippen LogP contribution >= 0.6 is 0 Å². The Morgan fingerprint density at radius 3 is 2.55 bits per heavy atom. The molecule has 1 aromatic rings. The van der Waals surface area contributed by atoms with E-state index in [1.165, 1.54) is 4.31 Å². The lowest BCUT2D eigenvalue weighted by Crippen LogP contribution is -2.48. The molecule has 0 spiro atoms. The Balaban J connectivity index is 2.27. The van der Waals surface area contributed by atoms with Crippen LogP contribution in [0.25, 0.3) is 0 Å². The topological polar surface area (TPSA) is 58.6 Å². The van der Waals surface area contributed by atoms with Crippen molar-refractivity contribution in [2.24, 2.45) is 0 Å². The maximum Gasteiger partial charge on any atom is 0.243 e. The van der Waals surface area contributed by atoms with E-state index in [1.54, 1.807) is 18.2 Å². The van der Waals surface area contributed by atoms with E-state index in [2.05, 4.69) is 5.32 Å². The zero-order valence-electron chi connectivity index (χ0n) is 12.2. The predicted molar refractivity (Wildman–Crippen MR) is 78.0 cm³/mol. The van der Waals surface area contributed by atoms with Gasteiger partial charge in [-0.25, -0.2) is 8.42 Å². The molecule has 5 nitrogen and oxygen atoms in total. The Labute approximate surface area is 121 Å². The van der Waals surface area contributed by atoms with Gasteiger partial charge in [0.2, 0.25) is 10.0 Å². The molecule has 1 N–H and O–H groups in total. The maximum absolute atomic E-state index is 12.7. The van der Waals surface area contributed by atoms with Crippen molar-refractivity contribution in [3.63, 3.8) is 0 Å². The Morgan fingerprint density at radius 1 is 1.30 bits per heavy atom. The Morgan fingerprint density at radius 2 is 1.95 bits per heavy atom. The van der Waals surface area contributed by atoms with Gasteiger partial charge in [0.05, 0.1) is 17.1 Å². The van der Waals surface area contributed by atoms with Crippen LogP contribution in [0.3, 0.4) is 0 Å². The van der Waals surface area contributed by atoms with Gasteiger partial charge < -0.3 is 10.1 Å². The summed E-state index contributed by atoms with van der Waals surface area (Å²) in [6, 6.07) is 7.09. The predicted octanol–water partition coefficient (Wildman–Crippen LogP) is 1.20. The first-order valence-electron chi connectivity index (χ1n) is 6.82. The van der Waals surface area contributed by atoms with Crippen molar-refractivity contribution in [3.05, 3.63) is 29.8 Å². The molecule has 6 heteroatoms. The minimum Gasteiger partial charge on any atom is -0.373 e. The van der Waals surface area contributed by atoms with Crippen LogP contribution in [0.1, 0.15) is 19.4 Å². The highest BCUT2D eigenvalue weighted by atomic mass is 32.2. The van der Waals surface area contributed by atoms with Crippen molar-refractivity contribution in [3.8, 4) is 0 Å². The van der Waals surface area contributed by atoms with Crippen molar-refractivity contribution < 1.29 is 13.2 Å². The summed E-state index contributed by atoms with van der Waals surface area (Å²) in [4.78, 5) is 0.353. The normalized spacial score (nSPS) is 24.8. The largest absolute Gasteiger partial charge is 0.373 e. The molecule has 0 amide bonds. The van der Waals surface area contributed by atoms with Crippen molar-refractivity contribution in [1.29, 1.82) is 0 Å². The molecule has 1 heterocycles. The maximum atomic E-state index is 12.7. The molecule has 112 valence electrons. The SMILES string of the molecule is CNCc1cccc(S(=O)(=O)N2C[C@@H](C)O[C@@H](C)C2)c1. The molecule has 0 radical (unpaired) electrons. The van der Waals surface area contributed by atoms with Crippen molar-refractivity contribution in [1.82, 2.24) is 9.62 Å². The molecule has 0 bridgehead atoms. The van der Waals surface area contributed by atoms with Gasteiger partial charge in [0.15, 0.2) is 0 Å². The summed E-state index contributed by atoms with van der Waals surface area (Å²) in [5, 5.41) is 3.03. The highest BCUT2D eigenvalue weighted by Crippen LogP contribution is 2.21. The fourth-order valence-corrected chi connectivity index (χ4v) is 4.16. The molecule has 0 saturated carbocycles. The second-order valence-electron chi connectivity index (χ2n) is 5.26. The zero-order chi connectivity index (χ0) is 14.8. The first-order valence-corrected chi connectivity index (χ1v) is 8.26. The fourth-order valence-electron chi connectivity index (χ4n) is 2.50. The van der Waals surface area contributed by atoms with E-state index in [-0.39, 0.29) is 12.2 Å². The highest BCUT2D eigenvalue weighted by Gasteiger charge is 2.32. The van der Waals surface area contributed by atoms with Crippen LogP contribution in [0, 0.1) is 0 Å². The Hall–Kier alpha value is -0.950. The first-order chi connectivity index (χ1) is 9.43. The molecular formula is C14H22N2O3S. The smallest absolute Gasteiger partial charge is 0.243 e. The molecule has 0 unspecified atom stereocenters. The Bertz CT molecular complexity index is 549. The summed E-state index contributed by atoms with van der Waals surface area (Å²) >= 11 is 0. The monoisotopic (exact) mass is 298 g/mol. The van der Waals surface area contributed by atoms with Gasteiger partial charge in [0.25, 0.3) is 0 Å². The standard InChI is InChI=1S/C14H22N2O3S/c1-11-9-16(10-12(2)19-11)20(17,18)14-6-4-5-13(7-14)8-15-3/h4-7,11-12,15H,8-10H2,1-3H3/t11-,12+. The molecule has 1 aliphatic heterocycles. The Kier molecular flexibility index (Phi) is 4.80. The van der Waals surface area contributed by atoms with E-state index in [9.17, 15) is 8.42 Å². The second-order valence-corrected chi connectivity index (χ2v) is 7.20.